The molecule has 1 heterocycles. The van der Waals surface area contributed by atoms with Gasteiger partial charge >= 0.3 is 5.97 Å². The van der Waals surface area contributed by atoms with Crippen molar-refractivity contribution in [2.45, 2.75) is 5.60 Å². The van der Waals surface area contributed by atoms with Crippen molar-refractivity contribution in [3.63, 3.8) is 0 Å². The van der Waals surface area contributed by atoms with Crippen molar-refractivity contribution in [1.29, 1.82) is 0 Å². The molecular weight excluding hydrogens is 272 g/mol. The molecule has 0 N–H and O–H groups in total. The zero-order valence-corrected chi connectivity index (χ0v) is 11.6. The highest BCUT2D eigenvalue weighted by Crippen LogP contribution is 2.56. The molecule has 2 nitrogen and oxygen atoms in total. The smallest absolute Gasteiger partial charge is 0.340 e. The quantitative estimate of drug-likeness (QED) is 0.577. The van der Waals surface area contributed by atoms with Gasteiger partial charge in [0.25, 0.3) is 0 Å². The first-order valence-corrected chi connectivity index (χ1v) is 7.42. The summed E-state index contributed by atoms with van der Waals surface area (Å²) >= 11 is 0. The van der Waals surface area contributed by atoms with Gasteiger partial charge < -0.3 is 4.74 Å². The van der Waals surface area contributed by atoms with Crippen LogP contribution in [0.5, 0.6) is 0 Å². The normalized spacial score (nSPS) is 20.1. The number of ether oxygens (including phenoxy) is 1. The van der Waals surface area contributed by atoms with E-state index in [4.69, 9.17) is 4.74 Å². The Bertz CT molecular complexity index is 1070. The minimum atomic E-state index is -0.704. The van der Waals surface area contributed by atoms with Crippen molar-refractivity contribution < 1.29 is 9.53 Å². The number of carbonyl (C=O) groups is 1. The number of fused-ring (bicyclic) bond motifs is 3. The lowest BCUT2D eigenvalue weighted by Crippen LogP contribution is -2.25. The van der Waals surface area contributed by atoms with Gasteiger partial charge in [-0.25, -0.2) is 4.79 Å². The molecule has 102 valence electrons. The first-order valence-electron chi connectivity index (χ1n) is 7.42. The standard InChI is InChI=1S/C20H10O2/c21-19-16-10-9-15-11-1-3-12(4-2-11)17(15)18(16)20(22-19)13-5-6-14(20)8-7-13/h1-10H. The number of hydrogen-bond donors (Lipinski definition) is 0. The monoisotopic (exact) mass is 282 g/mol. The molecule has 0 aromatic heterocycles. The Morgan fingerprint density at radius 2 is 1.50 bits per heavy atom. The minimum absolute atomic E-state index is 0.222. The molecular formula is C20H10O2. The Morgan fingerprint density at radius 1 is 0.818 bits per heavy atom. The Hall–Kier alpha value is -2.87. The van der Waals surface area contributed by atoms with Crippen LogP contribution in [0.1, 0.15) is 15.9 Å². The van der Waals surface area contributed by atoms with Crippen molar-refractivity contribution >= 4 is 27.5 Å². The molecule has 2 heteroatoms. The summed E-state index contributed by atoms with van der Waals surface area (Å²) in [7, 11) is 0. The van der Waals surface area contributed by atoms with Crippen molar-refractivity contribution in [3.05, 3.63) is 83.0 Å². The minimum Gasteiger partial charge on any atom is -0.441 e. The van der Waals surface area contributed by atoms with Crippen LogP contribution in [-0.2, 0) is 10.3 Å². The van der Waals surface area contributed by atoms with E-state index in [9.17, 15) is 4.79 Å². The third kappa shape index (κ3) is 0.933. The fourth-order valence-electron chi connectivity index (χ4n) is 4.25. The van der Waals surface area contributed by atoms with Crippen LogP contribution >= 0.6 is 0 Å². The van der Waals surface area contributed by atoms with E-state index in [0.717, 1.165) is 27.5 Å². The predicted octanol–water partition coefficient (Wildman–Crippen LogP) is 4.23. The second-order valence-corrected chi connectivity index (χ2v) is 6.14. The van der Waals surface area contributed by atoms with Crippen LogP contribution in [0.4, 0.5) is 0 Å². The maximum Gasteiger partial charge on any atom is 0.340 e. The maximum absolute atomic E-state index is 12.5. The third-order valence-corrected chi connectivity index (χ3v) is 5.21. The molecule has 0 fully saturated rings. The Labute approximate surface area is 126 Å². The summed E-state index contributed by atoms with van der Waals surface area (Å²) in [6, 6.07) is 12.5. The number of benzene rings is 4. The average molecular weight is 282 g/mol. The van der Waals surface area contributed by atoms with Gasteiger partial charge in [-0.1, -0.05) is 54.6 Å². The van der Waals surface area contributed by atoms with E-state index >= 15 is 0 Å². The van der Waals surface area contributed by atoms with Gasteiger partial charge in [-0.2, -0.15) is 0 Å². The molecule has 1 aliphatic heterocycles. The van der Waals surface area contributed by atoms with E-state index < -0.39 is 5.60 Å². The van der Waals surface area contributed by atoms with Crippen molar-refractivity contribution in [2.75, 3.05) is 0 Å². The van der Waals surface area contributed by atoms with E-state index in [2.05, 4.69) is 48.6 Å². The molecule has 0 saturated heterocycles. The van der Waals surface area contributed by atoms with Crippen molar-refractivity contribution in [2.24, 2.45) is 0 Å². The number of allylic oxidation sites excluding steroid dienone is 2. The maximum atomic E-state index is 12.5. The molecule has 0 amide bonds. The molecule has 22 heavy (non-hydrogen) atoms. The molecule has 0 radical (unpaired) electrons. The molecule has 4 aromatic rings. The summed E-state index contributed by atoms with van der Waals surface area (Å²) in [6.45, 7) is 0. The highest BCUT2D eigenvalue weighted by atomic mass is 16.6. The summed E-state index contributed by atoms with van der Waals surface area (Å²) < 4.78 is 5.93. The first-order chi connectivity index (χ1) is 10.8. The van der Waals surface area contributed by atoms with Gasteiger partial charge in [0.05, 0.1) is 5.56 Å². The van der Waals surface area contributed by atoms with E-state index in [1.807, 2.05) is 12.1 Å². The summed E-state index contributed by atoms with van der Waals surface area (Å²) in [6.07, 6.45) is 8.23. The average Bonchev–Trinajstić information content (AvgIpc) is 3.20. The summed E-state index contributed by atoms with van der Waals surface area (Å²) in [5.41, 5.74) is 3.13. The Kier molecular flexibility index (Phi) is 1.54. The van der Waals surface area contributed by atoms with Crippen LogP contribution in [0.15, 0.2) is 71.8 Å². The van der Waals surface area contributed by atoms with E-state index in [0.29, 0.717) is 5.56 Å². The lowest BCUT2D eigenvalue weighted by atomic mass is 9.81. The highest BCUT2D eigenvalue weighted by Gasteiger charge is 2.54. The predicted molar refractivity (Wildman–Crippen MR) is 85.0 cm³/mol. The summed E-state index contributed by atoms with van der Waals surface area (Å²) in [4.78, 5) is 12.5. The molecule has 0 saturated carbocycles. The van der Waals surface area contributed by atoms with E-state index in [-0.39, 0.29) is 5.97 Å². The molecule has 0 unspecified atom stereocenters. The van der Waals surface area contributed by atoms with Gasteiger partial charge in [-0.05, 0) is 27.6 Å². The van der Waals surface area contributed by atoms with Crippen molar-refractivity contribution in [1.82, 2.24) is 0 Å². The van der Waals surface area contributed by atoms with Crippen LogP contribution in [0.25, 0.3) is 21.5 Å². The molecule has 1 spiro atoms. The highest BCUT2D eigenvalue weighted by molar-refractivity contribution is 6.16. The third-order valence-electron chi connectivity index (χ3n) is 5.21. The Morgan fingerprint density at radius 3 is 2.18 bits per heavy atom. The number of rotatable bonds is 0. The van der Waals surface area contributed by atoms with Gasteiger partial charge in [-0.15, -0.1) is 0 Å². The molecule has 4 bridgehead atoms. The molecule has 7 rings (SSSR count). The van der Waals surface area contributed by atoms with Crippen LogP contribution in [0.2, 0.25) is 0 Å². The molecule has 2 aliphatic carbocycles. The van der Waals surface area contributed by atoms with Gasteiger partial charge in [0, 0.05) is 16.7 Å². The zero-order chi connectivity index (χ0) is 14.5. The van der Waals surface area contributed by atoms with Crippen LogP contribution in [-0.4, -0.2) is 5.97 Å². The SMILES string of the molecule is O=C1OC2(C3=CC=C2C=C3)c2c1ccc1c3ccc(cc3)c21. The lowest BCUT2D eigenvalue weighted by Gasteiger charge is -2.26. The van der Waals surface area contributed by atoms with Gasteiger partial charge in [0.15, 0.2) is 5.60 Å². The lowest BCUT2D eigenvalue weighted by molar-refractivity contribution is 0.0269. The first kappa shape index (κ1) is 10.8. The summed E-state index contributed by atoms with van der Waals surface area (Å²) in [5.74, 6) is -0.222. The van der Waals surface area contributed by atoms with E-state index in [1.54, 1.807) is 0 Å². The van der Waals surface area contributed by atoms with Gasteiger partial charge in [0.1, 0.15) is 0 Å². The molecule has 0 atom stereocenters. The van der Waals surface area contributed by atoms with Gasteiger partial charge in [-0.3, -0.25) is 0 Å². The van der Waals surface area contributed by atoms with E-state index in [1.165, 1.54) is 10.8 Å². The largest absolute Gasteiger partial charge is 0.441 e. The van der Waals surface area contributed by atoms with Crippen LogP contribution in [0, 0.1) is 0 Å². The number of esters is 1. The fourth-order valence-corrected chi connectivity index (χ4v) is 4.25. The second-order valence-electron chi connectivity index (χ2n) is 6.14. The number of carbonyl (C=O) groups excluding carboxylic acids is 1. The summed E-state index contributed by atoms with van der Waals surface area (Å²) in [5, 5.41) is 4.71. The molecule has 3 aliphatic rings. The zero-order valence-electron chi connectivity index (χ0n) is 11.6. The second kappa shape index (κ2) is 3.14. The van der Waals surface area contributed by atoms with Gasteiger partial charge in [0.2, 0.25) is 0 Å². The van der Waals surface area contributed by atoms with Crippen molar-refractivity contribution in [3.8, 4) is 0 Å². The Balaban J connectivity index is 1.87. The van der Waals surface area contributed by atoms with Crippen LogP contribution < -0.4 is 0 Å². The topological polar surface area (TPSA) is 26.3 Å². The molecule has 4 aromatic carbocycles. The number of hydrogen-bond acceptors (Lipinski definition) is 2. The van der Waals surface area contributed by atoms with Crippen LogP contribution in [0.3, 0.4) is 0 Å². The fraction of sp³-hybridized carbons (Fsp3) is 0.0500.